The molecule has 4 nitrogen and oxygen atoms in total. The molecule has 0 rings (SSSR count). The van der Waals surface area contributed by atoms with Gasteiger partial charge in [-0.15, -0.1) is 0 Å². The zero-order valence-electron chi connectivity index (χ0n) is 12.9. The number of unbranched alkanes of at least 4 members (excludes halogenated alkanes) is 9. The molecule has 0 saturated heterocycles. The molecule has 0 aliphatic heterocycles. The van der Waals surface area contributed by atoms with Gasteiger partial charge >= 0.3 is 5.97 Å². The van der Waals surface area contributed by atoms with E-state index in [4.69, 9.17) is 15.3 Å². The average Bonchev–Trinajstić information content (AvgIpc) is 2.41. The zero-order valence-corrected chi connectivity index (χ0v) is 12.9. The van der Waals surface area contributed by atoms with Crippen LogP contribution < -0.4 is 0 Å². The van der Waals surface area contributed by atoms with Crippen molar-refractivity contribution in [1.82, 2.24) is 0 Å². The van der Waals surface area contributed by atoms with Crippen molar-refractivity contribution in [2.24, 2.45) is 0 Å². The van der Waals surface area contributed by atoms with Crippen LogP contribution in [0.2, 0.25) is 0 Å². The van der Waals surface area contributed by atoms with Gasteiger partial charge in [0.25, 0.3) is 0 Å². The van der Waals surface area contributed by atoms with E-state index in [2.05, 4.69) is 6.58 Å². The van der Waals surface area contributed by atoms with Crippen LogP contribution in [0.25, 0.3) is 0 Å². The van der Waals surface area contributed by atoms with Gasteiger partial charge in [-0.05, 0) is 19.8 Å². The predicted octanol–water partition coefficient (Wildman–Crippen LogP) is 3.52. The lowest BCUT2D eigenvalue weighted by atomic mass is 10.1. The number of carboxylic acids is 1. The molecule has 0 aromatic heterocycles. The summed E-state index contributed by atoms with van der Waals surface area (Å²) in [6.07, 6.45) is 12.2. The summed E-state index contributed by atoms with van der Waals surface area (Å²) in [5, 5.41) is 25.0. The lowest BCUT2D eigenvalue weighted by Crippen LogP contribution is -1.92. The molecule has 0 aromatic rings. The van der Waals surface area contributed by atoms with E-state index in [1.807, 2.05) is 0 Å². The highest BCUT2D eigenvalue weighted by atomic mass is 16.4. The Morgan fingerprint density at radius 1 is 0.750 bits per heavy atom. The predicted molar refractivity (Wildman–Crippen MR) is 82.8 cm³/mol. The average molecular weight is 288 g/mol. The summed E-state index contributed by atoms with van der Waals surface area (Å²) in [4.78, 5) is 9.60. The van der Waals surface area contributed by atoms with E-state index in [-0.39, 0.29) is 5.57 Å². The smallest absolute Gasteiger partial charge is 0.330 e. The van der Waals surface area contributed by atoms with Crippen LogP contribution in [-0.2, 0) is 4.79 Å². The molecule has 0 heterocycles. The highest BCUT2D eigenvalue weighted by Crippen LogP contribution is 2.10. The molecule has 0 atom stereocenters. The van der Waals surface area contributed by atoms with E-state index in [1.54, 1.807) is 0 Å². The second-order valence-corrected chi connectivity index (χ2v) is 5.07. The van der Waals surface area contributed by atoms with E-state index < -0.39 is 5.97 Å². The van der Waals surface area contributed by atoms with E-state index >= 15 is 0 Å². The summed E-state index contributed by atoms with van der Waals surface area (Å²) < 4.78 is 0. The molecule has 20 heavy (non-hydrogen) atoms. The topological polar surface area (TPSA) is 77.8 Å². The number of carbonyl (C=O) groups is 1. The first-order chi connectivity index (χ1) is 9.56. The van der Waals surface area contributed by atoms with Gasteiger partial charge in [-0.2, -0.15) is 0 Å². The van der Waals surface area contributed by atoms with Crippen molar-refractivity contribution in [1.29, 1.82) is 0 Å². The molecule has 0 aromatic carbocycles. The molecule has 0 saturated carbocycles. The fourth-order valence-electron chi connectivity index (χ4n) is 1.64. The molecule has 4 heteroatoms. The Labute approximate surface area is 123 Å². The fraction of sp³-hybridized carbons (Fsp3) is 0.812. The van der Waals surface area contributed by atoms with Gasteiger partial charge in [0.1, 0.15) is 0 Å². The summed E-state index contributed by atoms with van der Waals surface area (Å²) >= 11 is 0. The maximum Gasteiger partial charge on any atom is 0.330 e. The molecular formula is C16H32O4. The van der Waals surface area contributed by atoms with Crippen LogP contribution in [0.1, 0.15) is 71.1 Å². The number of carboxylic acid groups (broad SMARTS) is 1. The Morgan fingerprint density at radius 3 is 1.10 bits per heavy atom. The molecule has 0 aliphatic rings. The van der Waals surface area contributed by atoms with Crippen molar-refractivity contribution < 1.29 is 20.1 Å². The largest absolute Gasteiger partial charge is 0.478 e. The van der Waals surface area contributed by atoms with Gasteiger partial charge in [0.15, 0.2) is 0 Å². The van der Waals surface area contributed by atoms with Gasteiger partial charge in [-0.1, -0.05) is 57.9 Å². The Balaban J connectivity index is 0. The Hall–Kier alpha value is -0.870. The van der Waals surface area contributed by atoms with Crippen molar-refractivity contribution in [2.75, 3.05) is 13.2 Å². The van der Waals surface area contributed by atoms with Gasteiger partial charge in [0.2, 0.25) is 0 Å². The van der Waals surface area contributed by atoms with Gasteiger partial charge in [-0.3, -0.25) is 0 Å². The standard InChI is InChI=1S/C12H26O2.C4H6O2/c13-11-9-7-5-3-1-2-4-6-8-10-12-14;1-3(2)4(5)6/h13-14H,1-12H2;1H2,2H3,(H,5,6). The summed E-state index contributed by atoms with van der Waals surface area (Å²) in [6.45, 7) is 5.30. The fourth-order valence-corrected chi connectivity index (χ4v) is 1.64. The van der Waals surface area contributed by atoms with Gasteiger partial charge < -0.3 is 15.3 Å². The molecule has 0 fully saturated rings. The molecule has 3 N–H and O–H groups in total. The number of hydrogen-bond donors (Lipinski definition) is 3. The third kappa shape index (κ3) is 22.3. The van der Waals surface area contributed by atoms with Crippen molar-refractivity contribution in [3.8, 4) is 0 Å². The van der Waals surface area contributed by atoms with Crippen LogP contribution in [0.5, 0.6) is 0 Å². The van der Waals surface area contributed by atoms with Gasteiger partial charge in [0, 0.05) is 18.8 Å². The SMILES string of the molecule is C=C(C)C(=O)O.OCCCCCCCCCCCCO. The maximum absolute atomic E-state index is 9.60. The molecule has 0 aliphatic carbocycles. The number of rotatable bonds is 12. The lowest BCUT2D eigenvalue weighted by molar-refractivity contribution is -0.132. The summed E-state index contributed by atoms with van der Waals surface area (Å²) in [5.74, 6) is -0.935. The molecule has 120 valence electrons. The number of aliphatic hydroxyl groups excluding tert-OH is 2. The van der Waals surface area contributed by atoms with Crippen LogP contribution >= 0.6 is 0 Å². The van der Waals surface area contributed by atoms with Crippen molar-refractivity contribution >= 4 is 5.97 Å². The molecule has 0 amide bonds. The van der Waals surface area contributed by atoms with E-state index in [9.17, 15) is 4.79 Å². The Bertz CT molecular complexity index is 203. The summed E-state index contributed by atoms with van der Waals surface area (Å²) in [7, 11) is 0. The van der Waals surface area contributed by atoms with E-state index in [0.717, 1.165) is 12.8 Å². The maximum atomic E-state index is 9.60. The summed E-state index contributed by atoms with van der Waals surface area (Å²) in [6, 6.07) is 0. The highest BCUT2D eigenvalue weighted by molar-refractivity contribution is 5.84. The van der Waals surface area contributed by atoms with Crippen molar-refractivity contribution in [3.63, 3.8) is 0 Å². The monoisotopic (exact) mass is 288 g/mol. The van der Waals surface area contributed by atoms with Crippen molar-refractivity contribution in [3.05, 3.63) is 12.2 Å². The Morgan fingerprint density at radius 2 is 0.950 bits per heavy atom. The summed E-state index contributed by atoms with van der Waals surface area (Å²) in [5.41, 5.74) is 0.176. The normalized spacial score (nSPS) is 9.75. The number of hydrogen-bond acceptors (Lipinski definition) is 3. The zero-order chi connectivity index (χ0) is 15.6. The molecule has 0 bridgehead atoms. The minimum atomic E-state index is -0.935. The Kier molecular flexibility index (Phi) is 19.4. The molecular weight excluding hydrogens is 256 g/mol. The first-order valence-electron chi connectivity index (χ1n) is 7.66. The first kappa shape index (κ1) is 21.4. The van der Waals surface area contributed by atoms with Crippen LogP contribution in [-0.4, -0.2) is 34.5 Å². The van der Waals surface area contributed by atoms with Crippen LogP contribution in [0.15, 0.2) is 12.2 Å². The molecule has 0 unspecified atom stereocenters. The van der Waals surface area contributed by atoms with Gasteiger partial charge in [0.05, 0.1) is 0 Å². The third-order valence-corrected chi connectivity index (χ3v) is 2.93. The third-order valence-electron chi connectivity index (χ3n) is 2.93. The second-order valence-electron chi connectivity index (χ2n) is 5.07. The van der Waals surface area contributed by atoms with E-state index in [1.165, 1.54) is 58.3 Å². The van der Waals surface area contributed by atoms with Crippen LogP contribution in [0.3, 0.4) is 0 Å². The van der Waals surface area contributed by atoms with Crippen molar-refractivity contribution in [2.45, 2.75) is 71.1 Å². The second kappa shape index (κ2) is 18.1. The first-order valence-corrected chi connectivity index (χ1v) is 7.66. The van der Waals surface area contributed by atoms with Gasteiger partial charge in [-0.25, -0.2) is 4.79 Å². The van der Waals surface area contributed by atoms with E-state index in [0.29, 0.717) is 13.2 Å². The lowest BCUT2D eigenvalue weighted by Gasteiger charge is -2.01. The molecule has 0 radical (unpaired) electrons. The minimum Gasteiger partial charge on any atom is -0.478 e. The minimum absolute atomic E-state index is 0.176. The number of aliphatic carboxylic acids is 1. The molecule has 0 spiro atoms. The van der Waals surface area contributed by atoms with Crippen LogP contribution in [0.4, 0.5) is 0 Å². The quantitative estimate of drug-likeness (QED) is 0.379. The number of aliphatic hydroxyl groups is 2. The highest BCUT2D eigenvalue weighted by Gasteiger charge is 1.92. The van der Waals surface area contributed by atoms with Crippen LogP contribution in [0, 0.1) is 0 Å².